The Balaban J connectivity index is 1.47. The summed E-state index contributed by atoms with van der Waals surface area (Å²) in [6.45, 7) is 0. The molecule has 0 unspecified atom stereocenters. The molecule has 2 heterocycles. The van der Waals surface area contributed by atoms with Crippen LogP contribution in [0.4, 0.5) is 0 Å². The summed E-state index contributed by atoms with van der Waals surface area (Å²) in [5.74, 6) is 0.576. The number of rotatable bonds is 3. The number of amidine groups is 1. The first-order valence-corrected chi connectivity index (χ1v) is 9.76. The molecule has 2 aromatic rings. The maximum atomic E-state index is 12.2. The van der Waals surface area contributed by atoms with E-state index >= 15 is 0 Å². The lowest BCUT2D eigenvalue weighted by atomic mass is 9.96. The number of aliphatic imine (C=N–C) groups is 1. The van der Waals surface area contributed by atoms with Crippen LogP contribution in [0, 0.1) is 0 Å². The monoisotopic (exact) mass is 364 g/mol. The van der Waals surface area contributed by atoms with Gasteiger partial charge in [0, 0.05) is 23.5 Å². The number of hydrogen-bond donors (Lipinski definition) is 1. The molecule has 1 amide bonds. The second-order valence-corrected chi connectivity index (χ2v) is 7.53. The number of hydrogen-bond acceptors (Lipinski definition) is 5. The van der Waals surface area contributed by atoms with Crippen LogP contribution in [0.5, 0.6) is 0 Å². The highest BCUT2D eigenvalue weighted by Gasteiger charge is 2.25. The van der Waals surface area contributed by atoms with Crippen molar-refractivity contribution in [1.82, 2.24) is 15.3 Å². The van der Waals surface area contributed by atoms with Crippen LogP contribution in [0.2, 0.25) is 0 Å². The van der Waals surface area contributed by atoms with Gasteiger partial charge in [-0.1, -0.05) is 49.6 Å². The number of nitrogens with one attached hydrogen (secondary N) is 1. The third kappa shape index (κ3) is 4.02. The lowest BCUT2D eigenvalue weighted by Crippen LogP contribution is -2.22. The minimum atomic E-state index is -0.100. The molecule has 6 heteroatoms. The zero-order chi connectivity index (χ0) is 17.8. The standard InChI is InChI=1S/C20H20N4OS/c25-19-17(26-20(24-19)23-16-9-5-2-6-10-16)11-14-12-21-18(22-13-14)15-7-3-1-4-8-15/h1,3-4,7-8,11-13,16H,2,5-6,9-10H2,(H,23,24,25)/b17-11+. The molecule has 1 aromatic carbocycles. The van der Waals surface area contributed by atoms with Crippen molar-refractivity contribution in [3.05, 3.63) is 53.2 Å². The molecular formula is C20H20N4OS. The molecule has 1 saturated carbocycles. The van der Waals surface area contributed by atoms with Crippen molar-refractivity contribution in [2.24, 2.45) is 4.99 Å². The highest BCUT2D eigenvalue weighted by atomic mass is 32.2. The molecular weight excluding hydrogens is 344 g/mol. The van der Waals surface area contributed by atoms with Crippen molar-refractivity contribution in [1.29, 1.82) is 0 Å². The number of benzene rings is 1. The maximum absolute atomic E-state index is 12.2. The molecule has 2 aliphatic rings. The second-order valence-electron chi connectivity index (χ2n) is 6.50. The number of carbonyl (C=O) groups excluding carboxylic acids is 1. The smallest absolute Gasteiger partial charge is 0.264 e. The van der Waals surface area contributed by atoms with Gasteiger partial charge in [-0.2, -0.15) is 0 Å². The quantitative estimate of drug-likeness (QED) is 0.835. The fourth-order valence-electron chi connectivity index (χ4n) is 3.16. The molecule has 0 radical (unpaired) electrons. The highest BCUT2D eigenvalue weighted by molar-refractivity contribution is 8.18. The topological polar surface area (TPSA) is 67.2 Å². The van der Waals surface area contributed by atoms with Crippen LogP contribution in [-0.2, 0) is 4.79 Å². The maximum Gasteiger partial charge on any atom is 0.264 e. The Morgan fingerprint density at radius 2 is 1.81 bits per heavy atom. The predicted octanol–water partition coefficient (Wildman–Crippen LogP) is 4.04. The second kappa shape index (κ2) is 7.83. The Labute approximate surface area is 157 Å². The zero-order valence-corrected chi connectivity index (χ0v) is 15.2. The summed E-state index contributed by atoms with van der Waals surface area (Å²) in [4.78, 5) is 26.3. The average molecular weight is 364 g/mol. The van der Waals surface area contributed by atoms with Gasteiger partial charge in [0.05, 0.1) is 10.9 Å². The van der Waals surface area contributed by atoms with Gasteiger partial charge in [0.25, 0.3) is 5.91 Å². The Kier molecular flexibility index (Phi) is 5.11. The molecule has 1 saturated heterocycles. The molecule has 1 N–H and O–H groups in total. The van der Waals surface area contributed by atoms with E-state index in [0.29, 0.717) is 16.8 Å². The average Bonchev–Trinajstić information content (AvgIpc) is 3.03. The van der Waals surface area contributed by atoms with Crippen LogP contribution in [0.15, 0.2) is 52.6 Å². The summed E-state index contributed by atoms with van der Waals surface area (Å²) in [5.41, 5.74) is 1.78. The van der Waals surface area contributed by atoms with Gasteiger partial charge in [-0.25, -0.2) is 9.97 Å². The van der Waals surface area contributed by atoms with E-state index in [1.54, 1.807) is 12.4 Å². The van der Waals surface area contributed by atoms with Gasteiger partial charge in [-0.3, -0.25) is 9.79 Å². The van der Waals surface area contributed by atoms with Crippen molar-refractivity contribution in [3.63, 3.8) is 0 Å². The third-order valence-corrected chi connectivity index (χ3v) is 5.45. The highest BCUT2D eigenvalue weighted by Crippen LogP contribution is 2.28. The van der Waals surface area contributed by atoms with Crippen LogP contribution >= 0.6 is 11.8 Å². The Bertz CT molecular complexity index is 840. The summed E-state index contributed by atoms with van der Waals surface area (Å²) in [5, 5.41) is 3.59. The zero-order valence-electron chi connectivity index (χ0n) is 14.4. The first-order valence-electron chi connectivity index (χ1n) is 8.94. The predicted molar refractivity (Wildman–Crippen MR) is 105 cm³/mol. The largest absolute Gasteiger partial charge is 0.301 e. The van der Waals surface area contributed by atoms with Gasteiger partial charge >= 0.3 is 0 Å². The summed E-state index contributed by atoms with van der Waals surface area (Å²) < 4.78 is 0. The Morgan fingerprint density at radius 3 is 2.54 bits per heavy atom. The molecule has 2 fully saturated rings. The van der Waals surface area contributed by atoms with Crippen molar-refractivity contribution in [2.75, 3.05) is 0 Å². The molecule has 0 spiro atoms. The summed E-state index contributed by atoms with van der Waals surface area (Å²) in [7, 11) is 0. The molecule has 132 valence electrons. The Hall–Kier alpha value is -2.47. The number of thioether (sulfide) groups is 1. The molecule has 0 atom stereocenters. The SMILES string of the molecule is O=C1NC(=NC2CCCCC2)S/C1=C/c1cnc(-c2ccccc2)nc1. The number of carbonyl (C=O) groups is 1. The van der Waals surface area contributed by atoms with E-state index in [2.05, 4.69) is 15.3 Å². The van der Waals surface area contributed by atoms with E-state index in [-0.39, 0.29) is 5.91 Å². The van der Waals surface area contributed by atoms with E-state index in [1.165, 1.54) is 31.0 Å². The lowest BCUT2D eigenvalue weighted by molar-refractivity contribution is -0.115. The van der Waals surface area contributed by atoms with E-state index < -0.39 is 0 Å². The third-order valence-electron chi connectivity index (χ3n) is 4.53. The van der Waals surface area contributed by atoms with Crippen LogP contribution in [0.25, 0.3) is 17.5 Å². The van der Waals surface area contributed by atoms with Crippen LogP contribution < -0.4 is 5.32 Å². The molecule has 5 nitrogen and oxygen atoms in total. The van der Waals surface area contributed by atoms with Crippen LogP contribution in [-0.4, -0.2) is 27.1 Å². The van der Waals surface area contributed by atoms with E-state index in [4.69, 9.17) is 4.99 Å². The summed E-state index contributed by atoms with van der Waals surface area (Å²) in [6.07, 6.45) is 11.3. The first-order chi connectivity index (χ1) is 12.8. The van der Waals surface area contributed by atoms with Crippen LogP contribution in [0.3, 0.4) is 0 Å². The Morgan fingerprint density at radius 1 is 1.08 bits per heavy atom. The molecule has 1 aliphatic carbocycles. The number of amides is 1. The molecule has 0 bridgehead atoms. The first kappa shape index (κ1) is 17.0. The van der Waals surface area contributed by atoms with Crippen molar-refractivity contribution in [3.8, 4) is 11.4 Å². The molecule has 4 rings (SSSR count). The van der Waals surface area contributed by atoms with Gasteiger partial charge in [0.2, 0.25) is 0 Å². The van der Waals surface area contributed by atoms with Gasteiger partial charge in [-0.15, -0.1) is 0 Å². The lowest BCUT2D eigenvalue weighted by Gasteiger charge is -2.17. The van der Waals surface area contributed by atoms with E-state index in [1.807, 2.05) is 36.4 Å². The van der Waals surface area contributed by atoms with Crippen molar-refractivity contribution < 1.29 is 4.79 Å². The van der Waals surface area contributed by atoms with E-state index in [9.17, 15) is 4.79 Å². The van der Waals surface area contributed by atoms with Gasteiger partial charge in [-0.05, 0) is 30.7 Å². The normalized spacial score (nSPS) is 21.3. The fraction of sp³-hybridized carbons (Fsp3) is 0.300. The van der Waals surface area contributed by atoms with Gasteiger partial charge in [0.1, 0.15) is 0 Å². The fourth-order valence-corrected chi connectivity index (χ4v) is 4.06. The van der Waals surface area contributed by atoms with Crippen molar-refractivity contribution in [2.45, 2.75) is 38.1 Å². The minimum absolute atomic E-state index is 0.100. The molecule has 26 heavy (non-hydrogen) atoms. The van der Waals surface area contributed by atoms with E-state index in [0.717, 1.165) is 29.1 Å². The van der Waals surface area contributed by atoms with Gasteiger partial charge in [0.15, 0.2) is 11.0 Å². The number of nitrogens with zero attached hydrogens (tertiary/aromatic N) is 3. The summed E-state index contributed by atoms with van der Waals surface area (Å²) in [6, 6.07) is 10.2. The number of aromatic nitrogens is 2. The van der Waals surface area contributed by atoms with Crippen LogP contribution in [0.1, 0.15) is 37.7 Å². The molecule has 1 aliphatic heterocycles. The molecule has 1 aromatic heterocycles. The van der Waals surface area contributed by atoms with Crippen molar-refractivity contribution >= 4 is 28.9 Å². The van der Waals surface area contributed by atoms with Gasteiger partial charge < -0.3 is 5.32 Å². The summed E-state index contributed by atoms with van der Waals surface area (Å²) >= 11 is 1.40. The minimum Gasteiger partial charge on any atom is -0.301 e.